The number of allylic oxidation sites excluding steroid dienone is 1. The van der Waals surface area contributed by atoms with E-state index in [9.17, 15) is 14.4 Å². The van der Waals surface area contributed by atoms with Crippen molar-refractivity contribution < 1.29 is 58.6 Å². The first-order valence-electron chi connectivity index (χ1n) is 9.63. The number of thioether (sulfide) groups is 1. The van der Waals surface area contributed by atoms with E-state index in [-0.39, 0.29) is 52.2 Å². The Labute approximate surface area is 222 Å². The monoisotopic (exact) mass is 507 g/mol. The van der Waals surface area contributed by atoms with Crippen LogP contribution in [-0.2, 0) is 24.0 Å². The van der Waals surface area contributed by atoms with Crippen LogP contribution >= 0.6 is 23.1 Å². The number of likely N-dealkylation sites (N-methyl/N-ethyl adjacent to an activating group) is 1. The standard InChI is InChI=1S/C18H23N5O5S2.CH3O.Na/c1-23-13(7-25)10(14-4-3-5-28-14)8-29-17(23)11(6-24)20-16(26)15(22-27-2)12-9-30-18(19)21-12;1-2;/h6-7,9,11,14,17H,3-5,8H2,1-2H3,(H2,19,21)(H,20,26);1H3;/q;-1;+1/b22-15-;;/t11-,14?,17?;;/m1../s1. The van der Waals surface area contributed by atoms with Gasteiger partial charge in [-0.1, -0.05) is 5.16 Å². The fourth-order valence-corrected chi connectivity index (χ4v) is 5.33. The van der Waals surface area contributed by atoms with Gasteiger partial charge in [-0.25, -0.2) is 4.98 Å². The minimum atomic E-state index is -0.897. The number of anilines is 1. The normalized spacial score (nSPS) is 21.3. The van der Waals surface area contributed by atoms with Gasteiger partial charge in [0.1, 0.15) is 30.5 Å². The summed E-state index contributed by atoms with van der Waals surface area (Å²) in [5, 5.41) is 16.0. The predicted molar refractivity (Wildman–Crippen MR) is 120 cm³/mol. The van der Waals surface area contributed by atoms with Crippen LogP contribution in [0.4, 0.5) is 5.13 Å². The molecular weight excluding hydrogens is 481 g/mol. The van der Waals surface area contributed by atoms with E-state index in [4.69, 9.17) is 20.4 Å². The third kappa shape index (κ3) is 7.25. The van der Waals surface area contributed by atoms with Gasteiger partial charge in [0.15, 0.2) is 17.1 Å². The maximum Gasteiger partial charge on any atom is 1.00 e. The smallest absolute Gasteiger partial charge is 0.857 e. The maximum absolute atomic E-state index is 12.8. The number of oxime groups is 1. The number of hydrogen-bond donors (Lipinski definition) is 2. The molecule has 14 heteroatoms. The van der Waals surface area contributed by atoms with Gasteiger partial charge in [0.05, 0.1) is 11.8 Å². The molecule has 0 aliphatic carbocycles. The number of aromatic nitrogens is 1. The molecule has 3 heterocycles. The van der Waals surface area contributed by atoms with E-state index in [0.717, 1.165) is 43.1 Å². The van der Waals surface area contributed by atoms with Crippen molar-refractivity contribution in [3.05, 3.63) is 22.3 Å². The van der Waals surface area contributed by atoms with Crippen LogP contribution in [0.2, 0.25) is 0 Å². The van der Waals surface area contributed by atoms with Crippen LogP contribution in [0, 0.1) is 0 Å². The summed E-state index contributed by atoms with van der Waals surface area (Å²) in [7, 11) is 3.78. The number of carbonyl (C=O) groups excluding carboxylic acids is 3. The fraction of sp³-hybridized carbons (Fsp3) is 0.526. The van der Waals surface area contributed by atoms with Crippen LogP contribution in [0.5, 0.6) is 0 Å². The topological polar surface area (TPSA) is 159 Å². The van der Waals surface area contributed by atoms with E-state index in [1.54, 1.807) is 17.3 Å². The first-order chi connectivity index (χ1) is 15.5. The van der Waals surface area contributed by atoms with Gasteiger partial charge in [-0.15, -0.1) is 23.1 Å². The minimum Gasteiger partial charge on any atom is -0.857 e. The second-order valence-electron chi connectivity index (χ2n) is 6.67. The molecule has 3 N–H and O–H groups in total. The molecule has 1 saturated heterocycles. The Hall–Kier alpha value is -1.48. The van der Waals surface area contributed by atoms with Crippen LogP contribution in [-0.4, -0.2) is 85.2 Å². The molecule has 2 aliphatic heterocycles. The minimum absolute atomic E-state index is 0. The predicted octanol–water partition coefficient (Wildman–Crippen LogP) is -3.62. The molecule has 0 spiro atoms. The van der Waals surface area contributed by atoms with Crippen molar-refractivity contribution in [1.82, 2.24) is 15.2 Å². The molecule has 3 rings (SSSR count). The number of nitrogen functional groups attached to an aromatic ring is 1. The number of thiazole rings is 1. The molecule has 0 radical (unpaired) electrons. The van der Waals surface area contributed by atoms with Crippen LogP contribution < -0.4 is 45.7 Å². The summed E-state index contributed by atoms with van der Waals surface area (Å²) in [6, 6.07) is -0.897. The molecule has 1 aromatic rings. The summed E-state index contributed by atoms with van der Waals surface area (Å²) < 4.78 is 5.73. The van der Waals surface area contributed by atoms with Crippen molar-refractivity contribution in [2.45, 2.75) is 30.4 Å². The summed E-state index contributed by atoms with van der Waals surface area (Å²) in [4.78, 5) is 47.0. The van der Waals surface area contributed by atoms with E-state index in [1.165, 1.54) is 18.9 Å². The number of nitrogens with two attached hydrogens (primary N) is 1. The van der Waals surface area contributed by atoms with Crippen molar-refractivity contribution in [3.8, 4) is 0 Å². The summed E-state index contributed by atoms with van der Waals surface area (Å²) in [5.41, 5.74) is 7.20. The third-order valence-corrected chi connectivity index (χ3v) is 6.95. The van der Waals surface area contributed by atoms with E-state index in [2.05, 4.69) is 15.5 Å². The molecule has 33 heavy (non-hydrogen) atoms. The Morgan fingerprint density at radius 3 is 2.73 bits per heavy atom. The largest absolute Gasteiger partial charge is 1.00 e. The second-order valence-corrected chi connectivity index (χ2v) is 8.67. The number of hydrogen-bond acceptors (Lipinski definition) is 12. The van der Waals surface area contributed by atoms with Crippen LogP contribution in [0.25, 0.3) is 0 Å². The first-order valence-corrected chi connectivity index (χ1v) is 11.6. The summed E-state index contributed by atoms with van der Waals surface area (Å²) in [6.45, 7) is 0.674. The maximum atomic E-state index is 12.8. The molecule has 2 aliphatic rings. The zero-order chi connectivity index (χ0) is 23.7. The molecule has 176 valence electrons. The second kappa shape index (κ2) is 14.7. The number of ether oxygens (including phenoxy) is 1. The van der Waals surface area contributed by atoms with E-state index in [0.29, 0.717) is 24.3 Å². The Morgan fingerprint density at radius 1 is 1.48 bits per heavy atom. The Bertz CT molecular complexity index is 875. The molecule has 1 amide bonds. The summed E-state index contributed by atoms with van der Waals surface area (Å²) >= 11 is 2.62. The molecule has 3 atom stereocenters. The number of carbonyl (C=O) groups is 3. The van der Waals surface area contributed by atoms with Crippen LogP contribution in [0.3, 0.4) is 0 Å². The first kappa shape index (κ1) is 29.6. The fourth-order valence-electron chi connectivity index (χ4n) is 3.42. The van der Waals surface area contributed by atoms with Crippen LogP contribution in [0.1, 0.15) is 18.5 Å². The molecule has 11 nitrogen and oxygen atoms in total. The quantitative estimate of drug-likeness (QED) is 0.156. The van der Waals surface area contributed by atoms with Gasteiger partial charge in [-0.3, -0.25) is 9.59 Å². The van der Waals surface area contributed by atoms with Crippen molar-refractivity contribution in [3.63, 3.8) is 0 Å². The van der Waals surface area contributed by atoms with Gasteiger partial charge in [0, 0.05) is 24.8 Å². The van der Waals surface area contributed by atoms with Gasteiger partial charge >= 0.3 is 29.6 Å². The number of rotatable bonds is 8. The van der Waals surface area contributed by atoms with Crippen LogP contribution in [0.15, 0.2) is 21.8 Å². The van der Waals surface area contributed by atoms with Gasteiger partial charge in [0.25, 0.3) is 5.91 Å². The Morgan fingerprint density at radius 2 is 2.21 bits per heavy atom. The number of nitrogens with zero attached hydrogens (tertiary/aromatic N) is 3. The third-order valence-electron chi connectivity index (χ3n) is 4.84. The van der Waals surface area contributed by atoms with Gasteiger partial charge in [0.2, 0.25) is 0 Å². The molecule has 2 unspecified atom stereocenters. The summed E-state index contributed by atoms with van der Waals surface area (Å²) in [5.74, 6) is -0.0925. The molecular formula is C19H26N5NaO6S2. The van der Waals surface area contributed by atoms with E-state index in [1.807, 2.05) is 0 Å². The SMILES string of the molecule is CO/N=C(\C(=O)N[C@H](C=O)C1SCC(C2CCCO2)=C(C=O)N1C)c1csc(N)n1.C[O-].[Na+]. The Kier molecular flexibility index (Phi) is 13.2. The average molecular weight is 508 g/mol. The molecule has 1 aromatic heterocycles. The van der Waals surface area contributed by atoms with Crippen molar-refractivity contribution >= 4 is 52.4 Å². The van der Waals surface area contributed by atoms with Crippen molar-refractivity contribution in [2.24, 2.45) is 5.16 Å². The molecule has 0 saturated carbocycles. The van der Waals surface area contributed by atoms with E-state index < -0.39 is 17.3 Å². The van der Waals surface area contributed by atoms with E-state index >= 15 is 0 Å². The van der Waals surface area contributed by atoms with Crippen molar-refractivity contribution in [1.29, 1.82) is 0 Å². The van der Waals surface area contributed by atoms with Crippen molar-refractivity contribution in [2.75, 3.05) is 39.4 Å². The molecule has 0 aromatic carbocycles. The van der Waals surface area contributed by atoms with Gasteiger partial charge in [-0.05, 0) is 18.4 Å². The number of aldehydes is 2. The summed E-state index contributed by atoms with van der Waals surface area (Å²) in [6.07, 6.45) is 3.16. The molecule has 1 fully saturated rings. The molecule has 0 bridgehead atoms. The zero-order valence-electron chi connectivity index (χ0n) is 19.0. The average Bonchev–Trinajstić information content (AvgIpc) is 3.49. The number of amides is 1. The zero-order valence-corrected chi connectivity index (χ0v) is 22.6. The van der Waals surface area contributed by atoms with Gasteiger partial charge in [-0.2, -0.15) is 7.11 Å². The number of nitrogens with one attached hydrogen (secondary N) is 1. The Balaban J connectivity index is 0.00000177. The van der Waals surface area contributed by atoms with Gasteiger partial charge < -0.3 is 35.4 Å².